The van der Waals surface area contributed by atoms with Gasteiger partial charge in [0.05, 0.1) is 11.1 Å². The molecule has 2 aromatic rings. The molecule has 0 aliphatic heterocycles. The Morgan fingerprint density at radius 2 is 1.96 bits per heavy atom. The first-order valence-electron chi connectivity index (χ1n) is 7.16. The molecule has 1 aromatic heterocycles. The van der Waals surface area contributed by atoms with E-state index in [1.165, 1.54) is 6.92 Å². The molecule has 0 aliphatic rings. The normalized spacial score (nSPS) is 10.2. The van der Waals surface area contributed by atoms with Crippen LogP contribution in [-0.4, -0.2) is 28.7 Å². The largest absolute Gasteiger partial charge is 0.490 e. The summed E-state index contributed by atoms with van der Waals surface area (Å²) in [7, 11) is 0. The van der Waals surface area contributed by atoms with Crippen molar-refractivity contribution in [3.05, 3.63) is 68.6 Å². The van der Waals surface area contributed by atoms with Gasteiger partial charge in [-0.15, -0.1) is 0 Å². The number of rotatable bonds is 7. The van der Waals surface area contributed by atoms with Crippen LogP contribution in [0.1, 0.15) is 5.56 Å². The topological polar surface area (TPSA) is 101 Å². The van der Waals surface area contributed by atoms with Crippen molar-refractivity contribution in [3.8, 4) is 5.75 Å². The zero-order valence-electron chi connectivity index (χ0n) is 13.0. The summed E-state index contributed by atoms with van der Waals surface area (Å²) < 4.78 is 11.3. The average Bonchev–Trinajstić information content (AvgIpc) is 2.55. The lowest BCUT2D eigenvalue weighted by Crippen LogP contribution is -2.26. The maximum atomic E-state index is 11.8. The van der Waals surface area contributed by atoms with Crippen LogP contribution in [0, 0.1) is 17.0 Å². The van der Waals surface area contributed by atoms with Crippen molar-refractivity contribution in [2.75, 3.05) is 13.2 Å². The fourth-order valence-electron chi connectivity index (χ4n) is 1.99. The van der Waals surface area contributed by atoms with E-state index in [0.29, 0.717) is 5.75 Å². The van der Waals surface area contributed by atoms with Gasteiger partial charge in [-0.25, -0.2) is 0 Å². The van der Waals surface area contributed by atoms with Gasteiger partial charge in [-0.2, -0.15) is 0 Å². The summed E-state index contributed by atoms with van der Waals surface area (Å²) in [5.74, 6) is -0.0224. The van der Waals surface area contributed by atoms with E-state index in [2.05, 4.69) is 0 Å². The Morgan fingerprint density at radius 1 is 1.25 bits per heavy atom. The number of nitro groups is 1. The third kappa shape index (κ3) is 4.67. The van der Waals surface area contributed by atoms with Crippen LogP contribution >= 0.6 is 0 Å². The second-order valence-electron chi connectivity index (χ2n) is 4.95. The van der Waals surface area contributed by atoms with Crippen LogP contribution in [0.2, 0.25) is 0 Å². The number of carbonyl (C=O) groups is 1. The Kier molecular flexibility index (Phi) is 5.67. The smallest absolute Gasteiger partial charge is 0.326 e. The number of aryl methyl sites for hydroxylation is 1. The molecule has 0 radical (unpaired) electrons. The molecule has 0 aliphatic carbocycles. The molecule has 0 saturated heterocycles. The molecule has 8 heteroatoms. The third-order valence-corrected chi connectivity index (χ3v) is 3.16. The minimum Gasteiger partial charge on any atom is -0.490 e. The summed E-state index contributed by atoms with van der Waals surface area (Å²) >= 11 is 0. The number of aromatic nitrogens is 1. The number of pyridine rings is 1. The van der Waals surface area contributed by atoms with Gasteiger partial charge in [-0.3, -0.25) is 24.3 Å². The van der Waals surface area contributed by atoms with Gasteiger partial charge >= 0.3 is 5.97 Å². The highest BCUT2D eigenvalue weighted by molar-refractivity contribution is 5.69. The molecule has 0 atom stereocenters. The first kappa shape index (κ1) is 17.2. The molecule has 0 spiro atoms. The maximum Gasteiger partial charge on any atom is 0.326 e. The van der Waals surface area contributed by atoms with Crippen molar-refractivity contribution in [1.29, 1.82) is 0 Å². The maximum absolute atomic E-state index is 11.8. The van der Waals surface area contributed by atoms with Gasteiger partial charge in [0.1, 0.15) is 25.5 Å². The van der Waals surface area contributed by atoms with Gasteiger partial charge < -0.3 is 9.47 Å². The van der Waals surface area contributed by atoms with Gasteiger partial charge in [0, 0.05) is 11.6 Å². The molecule has 0 bridgehead atoms. The molecule has 0 unspecified atom stereocenters. The molecule has 8 nitrogen and oxygen atoms in total. The molecule has 0 amide bonds. The van der Waals surface area contributed by atoms with E-state index in [1.807, 2.05) is 18.2 Å². The number of nitrogens with zero attached hydrogens (tertiary/aromatic N) is 2. The molecular weight excluding hydrogens is 316 g/mol. The van der Waals surface area contributed by atoms with E-state index < -0.39 is 23.0 Å². The zero-order chi connectivity index (χ0) is 17.5. The predicted molar refractivity (Wildman–Crippen MR) is 85.0 cm³/mol. The molecule has 2 rings (SSSR count). The molecule has 24 heavy (non-hydrogen) atoms. The monoisotopic (exact) mass is 332 g/mol. The van der Waals surface area contributed by atoms with Crippen LogP contribution in [0.5, 0.6) is 5.75 Å². The van der Waals surface area contributed by atoms with Crippen molar-refractivity contribution in [3.63, 3.8) is 0 Å². The summed E-state index contributed by atoms with van der Waals surface area (Å²) in [5, 5.41) is 10.9. The Bertz CT molecular complexity index is 785. The van der Waals surface area contributed by atoms with Gasteiger partial charge in [0.15, 0.2) is 0 Å². The minimum atomic E-state index is -0.674. The lowest BCUT2D eigenvalue weighted by Gasteiger charge is -2.09. The van der Waals surface area contributed by atoms with Gasteiger partial charge in [-0.1, -0.05) is 18.2 Å². The Morgan fingerprint density at radius 3 is 2.62 bits per heavy atom. The highest BCUT2D eigenvalue weighted by Gasteiger charge is 2.15. The molecule has 0 N–H and O–H groups in total. The van der Waals surface area contributed by atoms with Crippen LogP contribution in [-0.2, 0) is 16.1 Å². The fourth-order valence-corrected chi connectivity index (χ4v) is 1.99. The van der Waals surface area contributed by atoms with Crippen LogP contribution in [0.15, 0.2) is 47.4 Å². The van der Waals surface area contributed by atoms with Crippen molar-refractivity contribution < 1.29 is 19.2 Å². The Labute approximate surface area is 137 Å². The highest BCUT2D eigenvalue weighted by Crippen LogP contribution is 2.14. The van der Waals surface area contributed by atoms with Gasteiger partial charge in [0.25, 0.3) is 11.2 Å². The van der Waals surface area contributed by atoms with E-state index in [4.69, 9.17) is 9.47 Å². The van der Waals surface area contributed by atoms with Crippen molar-refractivity contribution in [1.82, 2.24) is 4.57 Å². The number of carbonyl (C=O) groups excluding carboxylic acids is 1. The fraction of sp³-hybridized carbons (Fsp3) is 0.250. The SMILES string of the molecule is Cc1cc(=O)n(CC(=O)OCCOc2ccccc2)cc1[N+](=O)[O-]. The standard InChI is InChI=1S/C16H16N2O6/c1-12-9-15(19)17(10-14(12)18(21)22)11-16(20)24-8-7-23-13-5-3-2-4-6-13/h2-6,9-10H,7-8,11H2,1H3. The quantitative estimate of drug-likeness (QED) is 0.331. The van der Waals surface area contributed by atoms with Crippen LogP contribution in [0.4, 0.5) is 5.69 Å². The van der Waals surface area contributed by atoms with E-state index in [1.54, 1.807) is 12.1 Å². The Balaban J connectivity index is 1.87. The van der Waals surface area contributed by atoms with E-state index in [0.717, 1.165) is 16.8 Å². The Hall–Kier alpha value is -3.16. The summed E-state index contributed by atoms with van der Waals surface area (Å²) in [5.41, 5.74) is -0.490. The second-order valence-corrected chi connectivity index (χ2v) is 4.95. The summed E-state index contributed by atoms with van der Waals surface area (Å²) in [6.45, 7) is 1.24. The number of ether oxygens (including phenoxy) is 2. The molecule has 0 saturated carbocycles. The summed E-state index contributed by atoms with van der Waals surface area (Å²) in [6, 6.07) is 10.1. The van der Waals surface area contributed by atoms with Crippen molar-refractivity contribution in [2.45, 2.75) is 13.5 Å². The zero-order valence-corrected chi connectivity index (χ0v) is 13.0. The third-order valence-electron chi connectivity index (χ3n) is 3.16. The second kappa shape index (κ2) is 7.91. The van der Waals surface area contributed by atoms with Crippen molar-refractivity contribution >= 4 is 11.7 Å². The number of hydrogen-bond donors (Lipinski definition) is 0. The number of esters is 1. The summed E-state index contributed by atoms with van der Waals surface area (Å²) in [4.78, 5) is 33.8. The van der Waals surface area contributed by atoms with Crippen molar-refractivity contribution in [2.24, 2.45) is 0 Å². The molecule has 1 aromatic carbocycles. The van der Waals surface area contributed by atoms with Crippen LogP contribution in [0.3, 0.4) is 0 Å². The van der Waals surface area contributed by atoms with Crippen LogP contribution in [0.25, 0.3) is 0 Å². The van der Waals surface area contributed by atoms with Gasteiger partial charge in [-0.05, 0) is 19.1 Å². The van der Waals surface area contributed by atoms with Gasteiger partial charge in [0.2, 0.25) is 0 Å². The summed E-state index contributed by atoms with van der Waals surface area (Å²) in [6.07, 6.45) is 1.04. The van der Waals surface area contributed by atoms with E-state index in [-0.39, 0.29) is 24.5 Å². The van der Waals surface area contributed by atoms with Crippen LogP contribution < -0.4 is 10.3 Å². The lowest BCUT2D eigenvalue weighted by atomic mass is 10.2. The number of hydrogen-bond acceptors (Lipinski definition) is 6. The molecule has 1 heterocycles. The number of benzene rings is 1. The molecule has 126 valence electrons. The number of para-hydroxylation sites is 1. The predicted octanol–water partition coefficient (Wildman–Crippen LogP) is 1.69. The first-order valence-corrected chi connectivity index (χ1v) is 7.16. The highest BCUT2D eigenvalue weighted by atomic mass is 16.6. The minimum absolute atomic E-state index is 0.0103. The lowest BCUT2D eigenvalue weighted by molar-refractivity contribution is -0.385. The van der Waals surface area contributed by atoms with E-state index in [9.17, 15) is 19.7 Å². The molecular formula is C16H16N2O6. The molecule has 0 fully saturated rings. The first-order chi connectivity index (χ1) is 11.5. The average molecular weight is 332 g/mol. The van der Waals surface area contributed by atoms with E-state index >= 15 is 0 Å².